The number of nitrogens with zero attached hydrogens (tertiary/aromatic N) is 2. The predicted octanol–water partition coefficient (Wildman–Crippen LogP) is 3.81. The second kappa shape index (κ2) is 9.66. The van der Waals surface area contributed by atoms with E-state index in [9.17, 15) is 13.2 Å². The molecule has 0 spiro atoms. The zero-order valence-corrected chi connectivity index (χ0v) is 19.9. The molecule has 0 saturated carbocycles. The van der Waals surface area contributed by atoms with Crippen LogP contribution >= 0.6 is 0 Å². The zero-order valence-electron chi connectivity index (χ0n) is 19.1. The first-order chi connectivity index (χ1) is 16.3. The Balaban J connectivity index is 1.62. The second-order valence-electron chi connectivity index (χ2n) is 8.00. The van der Waals surface area contributed by atoms with Gasteiger partial charge in [-0.3, -0.25) is 9.52 Å². The summed E-state index contributed by atoms with van der Waals surface area (Å²) in [6.07, 6.45) is 8.63. The first-order valence-electron chi connectivity index (χ1n) is 10.7. The van der Waals surface area contributed by atoms with Gasteiger partial charge in [0.15, 0.2) is 0 Å². The van der Waals surface area contributed by atoms with Crippen molar-refractivity contribution in [2.24, 2.45) is 0 Å². The number of nitrogens with one attached hydrogen (secondary N) is 2. The van der Waals surface area contributed by atoms with Gasteiger partial charge in [-0.15, -0.1) is 0 Å². The highest BCUT2D eigenvalue weighted by Crippen LogP contribution is 2.30. The summed E-state index contributed by atoms with van der Waals surface area (Å²) < 4.78 is 37.0. The van der Waals surface area contributed by atoms with Crippen LogP contribution in [0.25, 0.3) is 11.1 Å². The molecule has 8 nitrogen and oxygen atoms in total. The predicted molar refractivity (Wildman–Crippen MR) is 131 cm³/mol. The molecule has 0 bridgehead atoms. The van der Waals surface area contributed by atoms with E-state index in [2.05, 4.69) is 15.0 Å². The number of rotatable bonds is 7. The van der Waals surface area contributed by atoms with Gasteiger partial charge in [0.25, 0.3) is 10.0 Å². The Morgan fingerprint density at radius 3 is 2.65 bits per heavy atom. The van der Waals surface area contributed by atoms with Gasteiger partial charge in [-0.05, 0) is 42.8 Å². The van der Waals surface area contributed by atoms with Gasteiger partial charge in [-0.2, -0.15) is 0 Å². The normalized spacial score (nSPS) is 17.8. The molecule has 4 rings (SSSR count). The van der Waals surface area contributed by atoms with E-state index in [4.69, 9.17) is 4.74 Å². The summed E-state index contributed by atoms with van der Waals surface area (Å²) in [4.78, 5) is 15.8. The quantitative estimate of drug-likeness (QED) is 0.538. The monoisotopic (exact) mass is 478 g/mol. The number of ether oxygens (including phenoxy) is 1. The van der Waals surface area contributed by atoms with Crippen molar-refractivity contribution < 1.29 is 17.9 Å². The smallest absolute Gasteiger partial charge is 0.262 e. The number of carbonyl (C=O) groups is 1. The zero-order chi connectivity index (χ0) is 24.3. The largest absolute Gasteiger partial charge is 0.375 e. The van der Waals surface area contributed by atoms with Gasteiger partial charge in [0.1, 0.15) is 6.10 Å². The first-order valence-corrected chi connectivity index (χ1v) is 12.2. The molecule has 0 saturated heterocycles. The minimum absolute atomic E-state index is 0.130. The summed E-state index contributed by atoms with van der Waals surface area (Å²) in [7, 11) is -2.33. The fourth-order valence-corrected chi connectivity index (χ4v) is 5.20. The van der Waals surface area contributed by atoms with E-state index in [0.29, 0.717) is 22.5 Å². The molecule has 1 heterocycles. The molecule has 1 amide bonds. The van der Waals surface area contributed by atoms with Gasteiger partial charge in [0.05, 0.1) is 23.0 Å². The highest BCUT2D eigenvalue weighted by molar-refractivity contribution is 7.89. The molecule has 34 heavy (non-hydrogen) atoms. The lowest BCUT2D eigenvalue weighted by Gasteiger charge is -2.26. The summed E-state index contributed by atoms with van der Waals surface area (Å²) in [5.74, 6) is -0.201. The Morgan fingerprint density at radius 2 is 1.94 bits per heavy atom. The van der Waals surface area contributed by atoms with Crippen LogP contribution in [0.2, 0.25) is 0 Å². The third kappa shape index (κ3) is 5.11. The topological polar surface area (TPSA) is 102 Å². The van der Waals surface area contributed by atoms with Gasteiger partial charge < -0.3 is 14.6 Å². The summed E-state index contributed by atoms with van der Waals surface area (Å²) in [6.45, 7) is 3.33. The molecule has 176 valence electrons. The number of hydrogen-bond donors (Lipinski definition) is 2. The van der Waals surface area contributed by atoms with Crippen molar-refractivity contribution in [2.75, 3.05) is 12.4 Å². The number of imidazole rings is 1. The number of sulfonamides is 1. The number of methoxy groups -OCH3 is 1. The van der Waals surface area contributed by atoms with Crippen molar-refractivity contribution >= 4 is 21.6 Å². The lowest BCUT2D eigenvalue weighted by Crippen LogP contribution is -2.30. The van der Waals surface area contributed by atoms with Crippen molar-refractivity contribution in [3.05, 3.63) is 90.7 Å². The van der Waals surface area contributed by atoms with Crippen LogP contribution in [0.3, 0.4) is 0 Å². The Labute approximate surface area is 199 Å². The third-order valence-corrected chi connectivity index (χ3v) is 6.86. The highest BCUT2D eigenvalue weighted by atomic mass is 32.2. The standard InChI is InChI=1S/C25H26N4O4S/c1-17-15-29(16-26-17)23-12-11-21(14-24(23)33-3)28-34(31,32)25-10-5-4-9-22(25)19-7-6-8-20(13-19)27-18(2)30/h4-16,23-24,28H,1-3H3,(H,27,30). The van der Waals surface area contributed by atoms with Crippen LogP contribution in [-0.4, -0.2) is 37.1 Å². The molecule has 0 radical (unpaired) electrons. The second-order valence-corrected chi connectivity index (χ2v) is 9.65. The molecule has 3 aromatic rings. The van der Waals surface area contributed by atoms with Crippen LogP contribution < -0.4 is 10.0 Å². The average molecular weight is 479 g/mol. The van der Waals surface area contributed by atoms with E-state index < -0.39 is 10.0 Å². The molecule has 2 unspecified atom stereocenters. The molecule has 2 N–H and O–H groups in total. The Hall–Kier alpha value is -3.69. The summed E-state index contributed by atoms with van der Waals surface area (Å²) in [6, 6.07) is 13.7. The van der Waals surface area contributed by atoms with Crippen molar-refractivity contribution in [3.8, 4) is 11.1 Å². The first kappa shape index (κ1) is 23.5. The van der Waals surface area contributed by atoms with Gasteiger partial charge in [-0.25, -0.2) is 13.4 Å². The molecule has 1 aliphatic carbocycles. The summed E-state index contributed by atoms with van der Waals surface area (Å²) in [5.41, 5.74) is 3.09. The van der Waals surface area contributed by atoms with E-state index in [-0.39, 0.29) is 22.9 Å². The highest BCUT2D eigenvalue weighted by Gasteiger charge is 2.25. The number of aryl methyl sites for hydroxylation is 1. The molecule has 9 heteroatoms. The summed E-state index contributed by atoms with van der Waals surface area (Å²) in [5, 5.41) is 2.73. The molecule has 2 atom stereocenters. The van der Waals surface area contributed by atoms with Crippen molar-refractivity contribution in [3.63, 3.8) is 0 Å². The van der Waals surface area contributed by atoms with E-state index in [1.165, 1.54) is 6.92 Å². The van der Waals surface area contributed by atoms with E-state index in [1.807, 2.05) is 23.8 Å². The van der Waals surface area contributed by atoms with Crippen LogP contribution in [0, 0.1) is 6.92 Å². The van der Waals surface area contributed by atoms with Crippen LogP contribution in [0.1, 0.15) is 18.7 Å². The molecule has 2 aromatic carbocycles. The average Bonchev–Trinajstić information content (AvgIpc) is 3.24. The van der Waals surface area contributed by atoms with E-state index in [0.717, 1.165) is 5.69 Å². The van der Waals surface area contributed by atoms with Crippen LogP contribution in [0.5, 0.6) is 0 Å². The van der Waals surface area contributed by atoms with Crippen molar-refractivity contribution in [1.29, 1.82) is 0 Å². The molecule has 1 aliphatic rings. The molecular formula is C25H26N4O4S. The molecule has 1 aromatic heterocycles. The number of amides is 1. The molecule has 0 fully saturated rings. The van der Waals surface area contributed by atoms with Crippen LogP contribution in [-0.2, 0) is 19.6 Å². The fraction of sp³-hybridized carbons (Fsp3) is 0.200. The van der Waals surface area contributed by atoms with E-state index >= 15 is 0 Å². The number of carbonyl (C=O) groups excluding carboxylic acids is 1. The van der Waals surface area contributed by atoms with E-state index in [1.54, 1.807) is 74.1 Å². The van der Waals surface area contributed by atoms with Crippen molar-refractivity contribution in [2.45, 2.75) is 30.9 Å². The lowest BCUT2D eigenvalue weighted by atomic mass is 10.0. The molecule has 0 aliphatic heterocycles. The van der Waals surface area contributed by atoms with Gasteiger partial charge in [0.2, 0.25) is 5.91 Å². The maximum Gasteiger partial charge on any atom is 0.262 e. The van der Waals surface area contributed by atoms with Gasteiger partial charge >= 0.3 is 0 Å². The third-order valence-electron chi connectivity index (χ3n) is 5.42. The van der Waals surface area contributed by atoms with Gasteiger partial charge in [0, 0.05) is 37.2 Å². The molecular weight excluding hydrogens is 452 g/mol. The minimum Gasteiger partial charge on any atom is -0.375 e. The fourth-order valence-electron chi connectivity index (χ4n) is 3.91. The number of benzene rings is 2. The Bertz CT molecular complexity index is 1370. The number of aromatic nitrogens is 2. The Kier molecular flexibility index (Phi) is 6.67. The number of hydrogen-bond acceptors (Lipinski definition) is 5. The van der Waals surface area contributed by atoms with Gasteiger partial charge in [-0.1, -0.05) is 36.4 Å². The van der Waals surface area contributed by atoms with Crippen molar-refractivity contribution in [1.82, 2.24) is 14.3 Å². The maximum atomic E-state index is 13.4. The Morgan fingerprint density at radius 1 is 1.15 bits per heavy atom. The number of anilines is 1. The number of allylic oxidation sites excluding steroid dienone is 1. The minimum atomic E-state index is -3.92. The SMILES string of the molecule is COC1C=C(NS(=O)(=O)c2ccccc2-c2cccc(NC(C)=O)c2)C=CC1n1cnc(C)c1. The lowest BCUT2D eigenvalue weighted by molar-refractivity contribution is -0.114. The maximum absolute atomic E-state index is 13.4. The van der Waals surface area contributed by atoms with Crippen LogP contribution in [0.15, 0.2) is 89.9 Å². The van der Waals surface area contributed by atoms with Crippen LogP contribution in [0.4, 0.5) is 5.69 Å². The summed E-state index contributed by atoms with van der Waals surface area (Å²) >= 11 is 0.